The first-order valence-electron chi connectivity index (χ1n) is 12.1. The van der Waals surface area contributed by atoms with Gasteiger partial charge in [-0.3, -0.25) is 9.59 Å². The molecule has 0 unspecified atom stereocenters. The van der Waals surface area contributed by atoms with Crippen LogP contribution in [0.2, 0.25) is 0 Å². The van der Waals surface area contributed by atoms with Crippen molar-refractivity contribution in [3.8, 4) is 0 Å². The van der Waals surface area contributed by atoms with Crippen LogP contribution in [0, 0.1) is 5.82 Å². The highest BCUT2D eigenvalue weighted by atomic mass is 79.9. The van der Waals surface area contributed by atoms with Crippen LogP contribution in [0.25, 0.3) is 0 Å². The molecule has 36 heavy (non-hydrogen) atoms. The number of nitrogens with one attached hydrogen (secondary N) is 1. The summed E-state index contributed by atoms with van der Waals surface area (Å²) in [6.07, 6.45) is 1.12. The van der Waals surface area contributed by atoms with E-state index in [4.69, 9.17) is 0 Å². The Morgan fingerprint density at radius 3 is 2.31 bits per heavy atom. The van der Waals surface area contributed by atoms with E-state index in [9.17, 15) is 14.0 Å². The maximum absolute atomic E-state index is 14.6. The fraction of sp³-hybridized carbons (Fsp3) is 0.310. The molecule has 0 aromatic heterocycles. The molecule has 0 radical (unpaired) electrons. The number of amides is 2. The second-order valence-corrected chi connectivity index (χ2v) is 10.7. The van der Waals surface area contributed by atoms with E-state index in [1.54, 1.807) is 18.2 Å². The van der Waals surface area contributed by atoms with Gasteiger partial charge in [0.15, 0.2) is 0 Å². The van der Waals surface area contributed by atoms with Crippen molar-refractivity contribution in [2.75, 3.05) is 5.75 Å². The van der Waals surface area contributed by atoms with Gasteiger partial charge in [0.25, 0.3) is 0 Å². The van der Waals surface area contributed by atoms with Gasteiger partial charge in [0.1, 0.15) is 11.9 Å². The van der Waals surface area contributed by atoms with Crippen molar-refractivity contribution in [2.24, 2.45) is 0 Å². The van der Waals surface area contributed by atoms with Crippen molar-refractivity contribution in [1.82, 2.24) is 10.2 Å². The van der Waals surface area contributed by atoms with E-state index in [0.29, 0.717) is 17.7 Å². The summed E-state index contributed by atoms with van der Waals surface area (Å²) in [5.41, 5.74) is 2.43. The number of hydrogen-bond donors (Lipinski definition) is 1. The SMILES string of the molecule is CC[C@@H](C)NC(=O)[C@H](Cc1ccccc1)N(Cc1ccccc1F)C(=O)CSCc1ccc(Br)cc1. The largest absolute Gasteiger partial charge is 0.352 e. The van der Waals surface area contributed by atoms with E-state index in [0.717, 1.165) is 22.0 Å². The van der Waals surface area contributed by atoms with Crippen LogP contribution in [0.3, 0.4) is 0 Å². The van der Waals surface area contributed by atoms with Gasteiger partial charge in [-0.05, 0) is 42.7 Å². The average Bonchev–Trinajstić information content (AvgIpc) is 2.88. The van der Waals surface area contributed by atoms with Crippen LogP contribution in [0.1, 0.15) is 37.0 Å². The minimum absolute atomic E-state index is 0.0236. The third-order valence-electron chi connectivity index (χ3n) is 5.98. The smallest absolute Gasteiger partial charge is 0.243 e. The molecule has 0 saturated carbocycles. The van der Waals surface area contributed by atoms with Gasteiger partial charge in [-0.25, -0.2) is 4.39 Å². The molecule has 0 bridgehead atoms. The summed E-state index contributed by atoms with van der Waals surface area (Å²) in [6, 6.07) is 23.2. The molecule has 2 atom stereocenters. The molecule has 0 aliphatic carbocycles. The van der Waals surface area contributed by atoms with E-state index in [1.807, 2.05) is 68.4 Å². The van der Waals surface area contributed by atoms with Gasteiger partial charge in [0.2, 0.25) is 11.8 Å². The van der Waals surface area contributed by atoms with Crippen LogP contribution in [0.4, 0.5) is 4.39 Å². The number of benzene rings is 3. The van der Waals surface area contributed by atoms with Crippen molar-refractivity contribution in [3.63, 3.8) is 0 Å². The number of rotatable bonds is 12. The molecule has 0 aliphatic rings. The van der Waals surface area contributed by atoms with Crippen LogP contribution in [0.15, 0.2) is 83.3 Å². The molecule has 2 amide bonds. The zero-order valence-corrected chi connectivity index (χ0v) is 23.0. The molecule has 3 aromatic rings. The molecular weight excluding hydrogens is 539 g/mol. The summed E-state index contributed by atoms with van der Waals surface area (Å²) in [5.74, 6) is 0.0384. The molecule has 3 rings (SSSR count). The van der Waals surface area contributed by atoms with Crippen LogP contribution in [0.5, 0.6) is 0 Å². The number of nitrogens with zero attached hydrogens (tertiary/aromatic N) is 1. The Morgan fingerprint density at radius 1 is 0.972 bits per heavy atom. The van der Waals surface area contributed by atoms with Crippen LogP contribution in [-0.2, 0) is 28.3 Å². The summed E-state index contributed by atoms with van der Waals surface area (Å²) in [4.78, 5) is 28.6. The highest BCUT2D eigenvalue weighted by Gasteiger charge is 2.31. The van der Waals surface area contributed by atoms with Crippen molar-refractivity contribution in [3.05, 3.63) is 106 Å². The molecule has 0 heterocycles. The molecule has 4 nitrogen and oxygen atoms in total. The lowest BCUT2D eigenvalue weighted by Gasteiger charge is -2.32. The van der Waals surface area contributed by atoms with E-state index in [2.05, 4.69) is 21.2 Å². The van der Waals surface area contributed by atoms with Gasteiger partial charge in [-0.1, -0.05) is 83.5 Å². The minimum atomic E-state index is -0.762. The molecule has 3 aromatic carbocycles. The third-order valence-corrected chi connectivity index (χ3v) is 7.50. The van der Waals surface area contributed by atoms with Crippen molar-refractivity contribution < 1.29 is 14.0 Å². The third kappa shape index (κ3) is 8.49. The fourth-order valence-electron chi connectivity index (χ4n) is 3.72. The molecule has 7 heteroatoms. The summed E-state index contributed by atoms with van der Waals surface area (Å²) in [5, 5.41) is 3.04. The topological polar surface area (TPSA) is 49.4 Å². The average molecular weight is 572 g/mol. The summed E-state index contributed by atoms with van der Waals surface area (Å²) in [6.45, 7) is 3.96. The quantitative estimate of drug-likeness (QED) is 0.275. The van der Waals surface area contributed by atoms with Gasteiger partial charge >= 0.3 is 0 Å². The second kappa shape index (κ2) is 14.2. The fourth-order valence-corrected chi connectivity index (χ4v) is 4.86. The van der Waals surface area contributed by atoms with Gasteiger partial charge < -0.3 is 10.2 Å². The van der Waals surface area contributed by atoms with Crippen LogP contribution < -0.4 is 5.32 Å². The lowest BCUT2D eigenvalue weighted by atomic mass is 10.0. The van der Waals surface area contributed by atoms with E-state index in [-0.39, 0.29) is 30.2 Å². The molecule has 0 spiro atoms. The molecular formula is C29H32BrFN2O2S. The Bertz CT molecular complexity index is 1130. The highest BCUT2D eigenvalue weighted by molar-refractivity contribution is 9.10. The first kappa shape index (κ1) is 27.9. The maximum atomic E-state index is 14.6. The maximum Gasteiger partial charge on any atom is 0.243 e. The number of carbonyl (C=O) groups is 2. The number of hydrogen-bond acceptors (Lipinski definition) is 3. The lowest BCUT2D eigenvalue weighted by Crippen LogP contribution is -2.52. The van der Waals surface area contributed by atoms with E-state index >= 15 is 0 Å². The van der Waals surface area contributed by atoms with Crippen molar-refractivity contribution in [2.45, 2.75) is 51.1 Å². The number of carbonyl (C=O) groups excluding carboxylic acids is 2. The van der Waals surface area contributed by atoms with Gasteiger partial charge in [0.05, 0.1) is 5.75 Å². The predicted molar refractivity (Wildman–Crippen MR) is 149 cm³/mol. The normalized spacial score (nSPS) is 12.6. The zero-order chi connectivity index (χ0) is 25.9. The minimum Gasteiger partial charge on any atom is -0.352 e. The van der Waals surface area contributed by atoms with Gasteiger partial charge in [-0.15, -0.1) is 11.8 Å². The highest BCUT2D eigenvalue weighted by Crippen LogP contribution is 2.20. The second-order valence-electron chi connectivity index (χ2n) is 8.76. The summed E-state index contributed by atoms with van der Waals surface area (Å²) < 4.78 is 15.6. The number of thioether (sulfide) groups is 1. The first-order valence-corrected chi connectivity index (χ1v) is 14.0. The standard InChI is InChI=1S/C29H32BrFN2O2S/c1-3-21(2)32-29(35)27(17-22-9-5-4-6-10-22)33(18-24-11-7-8-12-26(24)31)28(34)20-36-19-23-13-15-25(30)16-14-23/h4-16,21,27H,3,17-20H2,1-2H3,(H,32,35)/t21-,27+/m1/s1. The Balaban J connectivity index is 1.86. The van der Waals surface area contributed by atoms with E-state index < -0.39 is 11.9 Å². The monoisotopic (exact) mass is 570 g/mol. The van der Waals surface area contributed by atoms with Crippen molar-refractivity contribution in [1.29, 1.82) is 0 Å². The molecule has 190 valence electrons. The molecule has 0 fully saturated rings. The number of halogens is 2. The summed E-state index contributed by atoms with van der Waals surface area (Å²) >= 11 is 4.92. The van der Waals surface area contributed by atoms with Crippen LogP contribution in [-0.4, -0.2) is 34.6 Å². The van der Waals surface area contributed by atoms with Crippen molar-refractivity contribution >= 4 is 39.5 Å². The first-order chi connectivity index (χ1) is 17.4. The Kier molecular flexibility index (Phi) is 11.0. The zero-order valence-electron chi connectivity index (χ0n) is 20.6. The Hall–Kier alpha value is -2.64. The Morgan fingerprint density at radius 2 is 1.64 bits per heavy atom. The lowest BCUT2D eigenvalue weighted by molar-refractivity contribution is -0.139. The van der Waals surface area contributed by atoms with E-state index in [1.165, 1.54) is 22.7 Å². The predicted octanol–water partition coefficient (Wildman–Crippen LogP) is 6.38. The molecule has 0 aliphatic heterocycles. The molecule has 0 saturated heterocycles. The summed E-state index contributed by atoms with van der Waals surface area (Å²) in [7, 11) is 0. The van der Waals surface area contributed by atoms with Crippen LogP contribution >= 0.6 is 27.7 Å². The molecule has 1 N–H and O–H groups in total. The van der Waals surface area contributed by atoms with Gasteiger partial charge in [-0.2, -0.15) is 0 Å². The van der Waals surface area contributed by atoms with Gasteiger partial charge in [0, 0.05) is 34.8 Å². The Labute approximate surface area is 225 Å².